The highest BCUT2D eigenvalue weighted by Crippen LogP contribution is 2.24. The number of amides is 1. The third-order valence-corrected chi connectivity index (χ3v) is 4.72. The molecule has 0 bridgehead atoms. The van der Waals surface area contributed by atoms with Crippen molar-refractivity contribution < 1.29 is 14.7 Å². The maximum atomic E-state index is 12.3. The molecule has 4 N–H and O–H groups in total. The number of carboxylic acids is 1. The van der Waals surface area contributed by atoms with Gasteiger partial charge in [-0.3, -0.25) is 4.79 Å². The van der Waals surface area contributed by atoms with Crippen LogP contribution in [-0.4, -0.2) is 27.5 Å². The van der Waals surface area contributed by atoms with Gasteiger partial charge in [0, 0.05) is 16.6 Å². The van der Waals surface area contributed by atoms with Crippen LogP contribution in [-0.2, 0) is 4.79 Å². The van der Waals surface area contributed by atoms with E-state index in [1.165, 1.54) is 18.3 Å². The number of aromatic nitrogens is 1. The number of thiazole rings is 1. The molecule has 0 aliphatic rings. The van der Waals surface area contributed by atoms with Gasteiger partial charge in [0.25, 0.3) is 5.91 Å². The smallest absolute Gasteiger partial charge is 0.329 e. The molecule has 2 rings (SSSR count). The van der Waals surface area contributed by atoms with Gasteiger partial charge in [0.1, 0.15) is 5.54 Å². The molecule has 0 saturated carbocycles. The molecule has 1 amide bonds. The summed E-state index contributed by atoms with van der Waals surface area (Å²) in [5.74, 6) is -1.83. The van der Waals surface area contributed by atoms with E-state index in [-0.39, 0.29) is 10.9 Å². The van der Waals surface area contributed by atoms with Crippen molar-refractivity contribution in [2.45, 2.75) is 26.3 Å². The molecular weight excluding hydrogens is 314 g/mol. The fourth-order valence-electron chi connectivity index (χ4n) is 1.90. The molecule has 1 heterocycles. The lowest BCUT2D eigenvalue weighted by Gasteiger charge is -2.29. The predicted octanol–water partition coefficient (Wildman–Crippen LogP) is 2.62. The number of carbonyl (C=O) groups excluding carboxylic acids is 1. The van der Waals surface area contributed by atoms with Gasteiger partial charge in [-0.2, -0.15) is 0 Å². The van der Waals surface area contributed by atoms with Gasteiger partial charge in [0.2, 0.25) is 0 Å². The minimum atomic E-state index is -1.34. The van der Waals surface area contributed by atoms with E-state index in [4.69, 9.17) is 5.73 Å². The summed E-state index contributed by atoms with van der Waals surface area (Å²) in [6.45, 7) is 4.98. The summed E-state index contributed by atoms with van der Waals surface area (Å²) in [6, 6.07) is 7.16. The number of nitrogens with one attached hydrogen (secondary N) is 1. The summed E-state index contributed by atoms with van der Waals surface area (Å²) in [5.41, 5.74) is 6.45. The molecule has 0 saturated heterocycles. The third-order valence-electron chi connectivity index (χ3n) is 3.88. The van der Waals surface area contributed by atoms with Gasteiger partial charge in [-0.1, -0.05) is 26.0 Å². The average molecular weight is 333 g/mol. The van der Waals surface area contributed by atoms with Crippen LogP contribution in [0.3, 0.4) is 0 Å². The molecule has 1 unspecified atom stereocenters. The number of carbonyl (C=O) groups is 2. The average Bonchev–Trinajstić information content (AvgIpc) is 2.97. The van der Waals surface area contributed by atoms with Crippen molar-refractivity contribution in [3.8, 4) is 11.3 Å². The van der Waals surface area contributed by atoms with Crippen molar-refractivity contribution in [3.05, 3.63) is 34.7 Å². The first-order valence-corrected chi connectivity index (χ1v) is 7.99. The van der Waals surface area contributed by atoms with Gasteiger partial charge in [0.15, 0.2) is 5.01 Å². The van der Waals surface area contributed by atoms with Gasteiger partial charge in [0.05, 0.1) is 5.69 Å². The zero-order valence-electron chi connectivity index (χ0n) is 13.2. The number of nitrogens with zero attached hydrogens (tertiary/aromatic N) is 1. The van der Waals surface area contributed by atoms with Gasteiger partial charge in [-0.15, -0.1) is 11.3 Å². The summed E-state index contributed by atoms with van der Waals surface area (Å²) in [5, 5.41) is 13.9. The van der Waals surface area contributed by atoms with Crippen LogP contribution in [0, 0.1) is 5.92 Å². The van der Waals surface area contributed by atoms with Crippen LogP contribution in [0.15, 0.2) is 29.6 Å². The molecule has 7 heteroatoms. The fourth-order valence-corrected chi connectivity index (χ4v) is 2.62. The van der Waals surface area contributed by atoms with Crippen LogP contribution in [0.25, 0.3) is 11.3 Å². The monoisotopic (exact) mass is 333 g/mol. The second-order valence-electron chi connectivity index (χ2n) is 5.78. The molecule has 0 aliphatic carbocycles. The third kappa shape index (κ3) is 3.50. The fraction of sp³-hybridized carbons (Fsp3) is 0.312. The molecule has 1 aromatic heterocycles. The van der Waals surface area contributed by atoms with Crippen molar-refractivity contribution in [1.82, 2.24) is 10.3 Å². The number of benzene rings is 1. The van der Waals surface area contributed by atoms with Crippen LogP contribution < -0.4 is 11.1 Å². The number of nitrogen functional groups attached to an aromatic ring is 1. The van der Waals surface area contributed by atoms with Crippen molar-refractivity contribution >= 4 is 28.9 Å². The molecule has 1 aromatic carbocycles. The Balaban J connectivity index is 2.21. The summed E-state index contributed by atoms with van der Waals surface area (Å²) in [4.78, 5) is 28.1. The van der Waals surface area contributed by atoms with E-state index in [0.717, 1.165) is 5.56 Å². The van der Waals surface area contributed by atoms with E-state index in [9.17, 15) is 14.7 Å². The molecule has 2 aromatic rings. The molecule has 0 aliphatic heterocycles. The standard InChI is InChI=1S/C16H19N3O3S/c1-9(2)16(3,15(21)22)19-13(20)14-18-12(8-23-14)10-4-6-11(17)7-5-10/h4-9H,17H2,1-3H3,(H,19,20)(H,21,22). The Morgan fingerprint density at radius 1 is 1.30 bits per heavy atom. The first-order valence-electron chi connectivity index (χ1n) is 7.11. The zero-order chi connectivity index (χ0) is 17.2. The second kappa shape index (κ2) is 6.37. The van der Waals surface area contributed by atoms with E-state index in [1.54, 1.807) is 31.4 Å². The Morgan fingerprint density at radius 2 is 1.91 bits per heavy atom. The van der Waals surface area contributed by atoms with E-state index >= 15 is 0 Å². The quantitative estimate of drug-likeness (QED) is 0.729. The van der Waals surface area contributed by atoms with Crippen LogP contribution in [0.1, 0.15) is 30.6 Å². The summed E-state index contributed by atoms with van der Waals surface area (Å²) in [7, 11) is 0. The Morgan fingerprint density at radius 3 is 2.43 bits per heavy atom. The number of carboxylic acid groups (broad SMARTS) is 1. The van der Waals surface area contributed by atoms with Crippen LogP contribution >= 0.6 is 11.3 Å². The van der Waals surface area contributed by atoms with E-state index in [1.807, 2.05) is 12.1 Å². The molecule has 1 atom stereocenters. The Labute approximate surface area is 138 Å². The van der Waals surface area contributed by atoms with Gasteiger partial charge >= 0.3 is 5.97 Å². The summed E-state index contributed by atoms with van der Waals surface area (Å²) in [6.07, 6.45) is 0. The van der Waals surface area contributed by atoms with Crippen LogP contribution in [0.4, 0.5) is 5.69 Å². The number of hydrogen-bond donors (Lipinski definition) is 3. The lowest BCUT2D eigenvalue weighted by atomic mass is 9.88. The number of hydrogen-bond acceptors (Lipinski definition) is 5. The lowest BCUT2D eigenvalue weighted by Crippen LogP contribution is -2.55. The van der Waals surface area contributed by atoms with Gasteiger partial charge in [-0.05, 0) is 25.0 Å². The topological polar surface area (TPSA) is 105 Å². The van der Waals surface area contributed by atoms with Crippen LogP contribution in [0.2, 0.25) is 0 Å². The number of rotatable bonds is 5. The van der Waals surface area contributed by atoms with Crippen molar-refractivity contribution in [3.63, 3.8) is 0 Å². The van der Waals surface area contributed by atoms with Gasteiger partial charge < -0.3 is 16.2 Å². The Kier molecular flexibility index (Phi) is 4.70. The molecule has 0 radical (unpaired) electrons. The van der Waals surface area contributed by atoms with Crippen LogP contribution in [0.5, 0.6) is 0 Å². The molecule has 0 spiro atoms. The normalized spacial score (nSPS) is 13.6. The summed E-state index contributed by atoms with van der Waals surface area (Å²) >= 11 is 1.17. The van der Waals surface area contributed by atoms with Crippen molar-refractivity contribution in [2.24, 2.45) is 5.92 Å². The molecular formula is C16H19N3O3S. The highest BCUT2D eigenvalue weighted by molar-refractivity contribution is 7.12. The highest BCUT2D eigenvalue weighted by Gasteiger charge is 2.38. The molecule has 0 fully saturated rings. The first-order chi connectivity index (χ1) is 10.7. The minimum Gasteiger partial charge on any atom is -0.480 e. The minimum absolute atomic E-state index is 0.227. The Hall–Kier alpha value is -2.41. The van der Waals surface area contributed by atoms with E-state index < -0.39 is 17.4 Å². The Bertz CT molecular complexity index is 724. The molecule has 122 valence electrons. The zero-order valence-corrected chi connectivity index (χ0v) is 14.0. The highest BCUT2D eigenvalue weighted by atomic mass is 32.1. The lowest BCUT2D eigenvalue weighted by molar-refractivity contribution is -0.145. The molecule has 23 heavy (non-hydrogen) atoms. The SMILES string of the molecule is CC(C)C(C)(NC(=O)c1nc(-c2ccc(N)cc2)cs1)C(=O)O. The van der Waals surface area contributed by atoms with Crippen molar-refractivity contribution in [1.29, 1.82) is 0 Å². The maximum Gasteiger partial charge on any atom is 0.329 e. The maximum absolute atomic E-state index is 12.3. The van der Waals surface area contributed by atoms with Gasteiger partial charge in [-0.25, -0.2) is 9.78 Å². The van der Waals surface area contributed by atoms with E-state index in [0.29, 0.717) is 11.4 Å². The first kappa shape index (κ1) is 17.0. The largest absolute Gasteiger partial charge is 0.480 e. The predicted molar refractivity (Wildman–Crippen MR) is 90.3 cm³/mol. The number of anilines is 1. The molecule has 6 nitrogen and oxygen atoms in total. The second-order valence-corrected chi connectivity index (χ2v) is 6.63. The number of aliphatic carboxylic acids is 1. The summed E-state index contributed by atoms with van der Waals surface area (Å²) < 4.78 is 0. The number of nitrogens with two attached hydrogens (primary N) is 1. The van der Waals surface area contributed by atoms with E-state index in [2.05, 4.69) is 10.3 Å². The van der Waals surface area contributed by atoms with Crippen molar-refractivity contribution in [2.75, 3.05) is 5.73 Å².